The lowest BCUT2D eigenvalue weighted by Gasteiger charge is -1.98. The van der Waals surface area contributed by atoms with E-state index in [1.807, 2.05) is 32.0 Å². The summed E-state index contributed by atoms with van der Waals surface area (Å²) in [4.78, 5) is 0. The summed E-state index contributed by atoms with van der Waals surface area (Å²) in [7, 11) is 0. The van der Waals surface area contributed by atoms with Crippen LogP contribution in [0.4, 0.5) is 0 Å². The van der Waals surface area contributed by atoms with Gasteiger partial charge in [0.25, 0.3) is 0 Å². The lowest BCUT2D eigenvalue weighted by atomic mass is 10.1. The average Bonchev–Trinajstić information content (AvgIpc) is 2.66. The van der Waals surface area contributed by atoms with E-state index >= 15 is 0 Å². The number of rotatable bonds is 3. The minimum absolute atomic E-state index is 0.281. The largest absolute Gasteiger partial charge is 0.425 e. The molecule has 2 rings (SSSR count). The number of benzene rings is 1. The van der Waals surface area contributed by atoms with E-state index in [0.717, 1.165) is 10.0 Å². The fraction of sp³-hybridized carbons (Fsp3) is 0.333. The van der Waals surface area contributed by atoms with E-state index in [4.69, 9.17) is 4.42 Å². The minimum atomic E-state index is 0.281. The van der Waals surface area contributed by atoms with E-state index in [2.05, 4.69) is 32.2 Å². The summed E-state index contributed by atoms with van der Waals surface area (Å²) in [6.07, 6.45) is 0.680. The van der Waals surface area contributed by atoms with Crippen molar-refractivity contribution in [2.45, 2.75) is 26.2 Å². The highest BCUT2D eigenvalue weighted by Gasteiger charge is 2.09. The molecule has 2 aromatic rings. The van der Waals surface area contributed by atoms with Gasteiger partial charge in [0.1, 0.15) is 0 Å². The molecular weight excluding hydrogens is 268 g/mol. The maximum Gasteiger partial charge on any atom is 0.220 e. The van der Waals surface area contributed by atoms with Crippen LogP contribution in [0.2, 0.25) is 0 Å². The van der Waals surface area contributed by atoms with Gasteiger partial charge < -0.3 is 4.42 Å². The van der Waals surface area contributed by atoms with Crippen LogP contribution in [-0.2, 0) is 6.42 Å². The van der Waals surface area contributed by atoms with E-state index < -0.39 is 0 Å². The van der Waals surface area contributed by atoms with Gasteiger partial charge in [-0.05, 0) is 17.7 Å². The Morgan fingerprint density at radius 1 is 1.31 bits per heavy atom. The molecule has 0 fully saturated rings. The van der Waals surface area contributed by atoms with E-state index in [1.165, 1.54) is 0 Å². The summed E-state index contributed by atoms with van der Waals surface area (Å²) in [5.74, 6) is 1.65. The highest BCUT2D eigenvalue weighted by molar-refractivity contribution is 9.10. The molecule has 0 radical (unpaired) electrons. The van der Waals surface area contributed by atoms with Crippen molar-refractivity contribution in [1.82, 2.24) is 10.2 Å². The molecule has 0 unspecified atom stereocenters. The molecule has 16 heavy (non-hydrogen) atoms. The second kappa shape index (κ2) is 4.78. The Labute approximate surface area is 103 Å². The summed E-state index contributed by atoms with van der Waals surface area (Å²) >= 11 is 3.44. The highest BCUT2D eigenvalue weighted by atomic mass is 79.9. The molecule has 0 saturated heterocycles. The van der Waals surface area contributed by atoms with Crippen molar-refractivity contribution in [3.8, 4) is 0 Å². The van der Waals surface area contributed by atoms with Gasteiger partial charge in [-0.1, -0.05) is 41.9 Å². The molecule has 0 aliphatic carbocycles. The predicted molar refractivity (Wildman–Crippen MR) is 65.3 cm³/mol. The first-order chi connectivity index (χ1) is 7.65. The first-order valence-corrected chi connectivity index (χ1v) is 6.01. The van der Waals surface area contributed by atoms with Gasteiger partial charge in [0.2, 0.25) is 11.8 Å². The monoisotopic (exact) mass is 280 g/mol. The van der Waals surface area contributed by atoms with Crippen LogP contribution in [-0.4, -0.2) is 10.2 Å². The third kappa shape index (κ3) is 2.70. The molecule has 1 aromatic carbocycles. The van der Waals surface area contributed by atoms with E-state index in [9.17, 15) is 0 Å². The summed E-state index contributed by atoms with van der Waals surface area (Å²) in [6, 6.07) is 8.10. The Balaban J connectivity index is 2.14. The topological polar surface area (TPSA) is 38.9 Å². The molecule has 4 heteroatoms. The van der Waals surface area contributed by atoms with Crippen LogP contribution in [0.3, 0.4) is 0 Å². The summed E-state index contributed by atoms with van der Waals surface area (Å²) in [5, 5.41) is 8.04. The van der Waals surface area contributed by atoms with Crippen LogP contribution in [0.5, 0.6) is 0 Å². The van der Waals surface area contributed by atoms with Gasteiger partial charge in [-0.15, -0.1) is 10.2 Å². The van der Waals surface area contributed by atoms with Crippen LogP contribution in [0, 0.1) is 0 Å². The summed E-state index contributed by atoms with van der Waals surface area (Å²) in [6.45, 7) is 4.08. The lowest BCUT2D eigenvalue weighted by molar-refractivity contribution is 0.439. The number of hydrogen-bond donors (Lipinski definition) is 0. The van der Waals surface area contributed by atoms with Gasteiger partial charge in [-0.3, -0.25) is 0 Å². The molecule has 1 heterocycles. The number of halogens is 1. The zero-order chi connectivity index (χ0) is 11.5. The van der Waals surface area contributed by atoms with Crippen LogP contribution < -0.4 is 0 Å². The van der Waals surface area contributed by atoms with Gasteiger partial charge in [0.05, 0.1) is 6.42 Å². The van der Waals surface area contributed by atoms with Gasteiger partial charge >= 0.3 is 0 Å². The van der Waals surface area contributed by atoms with Crippen molar-refractivity contribution in [2.24, 2.45) is 0 Å². The minimum Gasteiger partial charge on any atom is -0.425 e. The molecule has 0 amide bonds. The Morgan fingerprint density at radius 3 is 2.75 bits per heavy atom. The van der Waals surface area contributed by atoms with E-state index in [0.29, 0.717) is 18.2 Å². The smallest absolute Gasteiger partial charge is 0.220 e. The van der Waals surface area contributed by atoms with Crippen molar-refractivity contribution in [3.05, 3.63) is 46.1 Å². The molecule has 1 aromatic heterocycles. The van der Waals surface area contributed by atoms with Gasteiger partial charge in [-0.2, -0.15) is 0 Å². The quantitative estimate of drug-likeness (QED) is 0.863. The van der Waals surface area contributed by atoms with Crippen molar-refractivity contribution < 1.29 is 4.42 Å². The Bertz CT molecular complexity index is 479. The van der Waals surface area contributed by atoms with Crippen molar-refractivity contribution >= 4 is 15.9 Å². The second-order valence-corrected chi connectivity index (χ2v) is 4.91. The van der Waals surface area contributed by atoms with Gasteiger partial charge in [0.15, 0.2) is 0 Å². The number of aromatic nitrogens is 2. The van der Waals surface area contributed by atoms with Crippen molar-refractivity contribution in [1.29, 1.82) is 0 Å². The van der Waals surface area contributed by atoms with Crippen LogP contribution in [0.1, 0.15) is 37.1 Å². The van der Waals surface area contributed by atoms with Crippen molar-refractivity contribution in [3.63, 3.8) is 0 Å². The molecular formula is C12H13BrN2O. The van der Waals surface area contributed by atoms with Crippen LogP contribution in [0.15, 0.2) is 33.2 Å². The number of hydrogen-bond acceptors (Lipinski definition) is 3. The molecule has 0 N–H and O–H groups in total. The van der Waals surface area contributed by atoms with Crippen LogP contribution >= 0.6 is 15.9 Å². The van der Waals surface area contributed by atoms with Gasteiger partial charge in [-0.25, -0.2) is 0 Å². The second-order valence-electron chi connectivity index (χ2n) is 4.00. The average molecular weight is 281 g/mol. The Morgan fingerprint density at radius 2 is 2.12 bits per heavy atom. The molecule has 0 saturated carbocycles. The fourth-order valence-electron chi connectivity index (χ4n) is 1.39. The first kappa shape index (κ1) is 11.3. The third-order valence-corrected chi connectivity index (χ3v) is 2.71. The van der Waals surface area contributed by atoms with E-state index in [1.54, 1.807) is 0 Å². The molecule has 0 atom stereocenters. The third-order valence-electron chi connectivity index (χ3n) is 2.22. The van der Waals surface area contributed by atoms with Crippen LogP contribution in [0.25, 0.3) is 0 Å². The Kier molecular flexibility index (Phi) is 3.39. The van der Waals surface area contributed by atoms with E-state index in [-0.39, 0.29) is 5.92 Å². The molecule has 3 nitrogen and oxygen atoms in total. The Hall–Kier alpha value is -1.16. The molecule has 0 spiro atoms. The zero-order valence-corrected chi connectivity index (χ0v) is 10.9. The maximum atomic E-state index is 5.55. The maximum absolute atomic E-state index is 5.55. The highest BCUT2D eigenvalue weighted by Crippen LogP contribution is 2.17. The zero-order valence-electron chi connectivity index (χ0n) is 9.27. The SMILES string of the molecule is CC(C)c1nnc(Cc2cccc(Br)c2)o1. The molecule has 0 aliphatic rings. The molecule has 0 aliphatic heterocycles. The molecule has 0 bridgehead atoms. The summed E-state index contributed by atoms with van der Waals surface area (Å²) < 4.78 is 6.61. The lowest BCUT2D eigenvalue weighted by Crippen LogP contribution is -1.87. The standard InChI is InChI=1S/C12H13BrN2O/c1-8(2)12-15-14-11(16-12)7-9-4-3-5-10(13)6-9/h3-6,8H,7H2,1-2H3. The molecule has 84 valence electrons. The van der Waals surface area contributed by atoms with Gasteiger partial charge in [0, 0.05) is 10.4 Å². The predicted octanol–water partition coefficient (Wildman–Crippen LogP) is 3.55. The van der Waals surface area contributed by atoms with Crippen molar-refractivity contribution in [2.75, 3.05) is 0 Å². The first-order valence-electron chi connectivity index (χ1n) is 5.22. The number of nitrogens with zero attached hydrogens (tertiary/aromatic N) is 2. The fourth-order valence-corrected chi connectivity index (χ4v) is 1.84. The summed E-state index contributed by atoms with van der Waals surface area (Å²) in [5.41, 5.74) is 1.16. The normalized spacial score (nSPS) is 11.0.